The van der Waals surface area contributed by atoms with Crippen LogP contribution in [-0.4, -0.2) is 24.8 Å². The zero-order valence-corrected chi connectivity index (χ0v) is 17.6. The predicted octanol–water partition coefficient (Wildman–Crippen LogP) is 5.20. The molecule has 140 valence electrons. The molecule has 0 aromatic heterocycles. The summed E-state index contributed by atoms with van der Waals surface area (Å²) in [6.07, 6.45) is 7.74. The first kappa shape index (κ1) is 21.2. The van der Waals surface area contributed by atoms with Crippen molar-refractivity contribution in [2.45, 2.75) is 0 Å². The van der Waals surface area contributed by atoms with Crippen LogP contribution in [0.4, 0.5) is 0 Å². The Labute approximate surface area is 179 Å². The van der Waals surface area contributed by atoms with E-state index in [0.29, 0.717) is 16.0 Å². The van der Waals surface area contributed by atoms with Gasteiger partial charge in [-0.05, 0) is 47.5 Å². The Bertz CT molecular complexity index is 834. The first-order chi connectivity index (χ1) is 12.7. The van der Waals surface area contributed by atoms with Gasteiger partial charge in [-0.25, -0.2) is 10.4 Å². The molecule has 0 spiro atoms. The van der Waals surface area contributed by atoms with E-state index in [1.54, 1.807) is 0 Å². The molecule has 0 aliphatic carbocycles. The topological polar surface area (TPSA) is 48.8 Å². The maximum Gasteiger partial charge on any atom is 0.212 e. The summed E-state index contributed by atoms with van der Waals surface area (Å²) < 4.78 is 0. The quantitative estimate of drug-likeness (QED) is 0.470. The second-order valence-electron chi connectivity index (χ2n) is 5.58. The van der Waals surface area contributed by atoms with Gasteiger partial charge in [0.15, 0.2) is 0 Å². The second kappa shape index (κ2) is 10.9. The fourth-order valence-electron chi connectivity index (χ4n) is 2.30. The molecular weight excluding hydrogens is 447 g/mol. The molecular formula is C20H19BrCl2N4. The molecule has 3 rings (SSSR count). The Balaban J connectivity index is 0.00000261. The van der Waals surface area contributed by atoms with E-state index in [9.17, 15) is 0 Å². The van der Waals surface area contributed by atoms with Gasteiger partial charge in [0.2, 0.25) is 5.96 Å². The number of nitrogens with one attached hydrogen (secondary N) is 2. The molecule has 0 fully saturated rings. The van der Waals surface area contributed by atoms with Crippen LogP contribution in [0, 0.1) is 0 Å². The predicted molar refractivity (Wildman–Crippen MR) is 122 cm³/mol. The molecule has 4 nitrogen and oxygen atoms in total. The Morgan fingerprint density at radius 3 is 2.07 bits per heavy atom. The van der Waals surface area contributed by atoms with Crippen molar-refractivity contribution < 1.29 is 0 Å². The lowest BCUT2D eigenvalue weighted by molar-refractivity contribution is 0.918. The van der Waals surface area contributed by atoms with Gasteiger partial charge in [-0.3, -0.25) is 0 Å². The standard InChI is InChI=1S/C20H18Cl2N4.BrH/c21-17-5-1-3-15(13-17)7-9-19(25-26-20-23-11-12-24-20)10-8-16-4-2-6-18(22)14-16;/h1-10,13-14H,11-12H2,(H2,23,24,26);1H. The smallest absolute Gasteiger partial charge is 0.212 e. The lowest BCUT2D eigenvalue weighted by atomic mass is 10.1. The van der Waals surface area contributed by atoms with E-state index in [4.69, 9.17) is 23.2 Å². The van der Waals surface area contributed by atoms with E-state index in [1.165, 1.54) is 0 Å². The number of hydrogen-bond acceptors (Lipinski definition) is 4. The van der Waals surface area contributed by atoms with Crippen LogP contribution in [0.1, 0.15) is 11.1 Å². The minimum atomic E-state index is 0. The monoisotopic (exact) mass is 464 g/mol. The van der Waals surface area contributed by atoms with E-state index in [1.807, 2.05) is 72.8 Å². The second-order valence-corrected chi connectivity index (χ2v) is 6.46. The van der Waals surface area contributed by atoms with Gasteiger partial charge in [-0.1, -0.05) is 59.6 Å². The molecule has 2 N–H and O–H groups in total. The van der Waals surface area contributed by atoms with Crippen molar-refractivity contribution >= 4 is 64.0 Å². The number of guanidine groups is 1. The first-order valence-corrected chi connectivity index (χ1v) is 8.94. The van der Waals surface area contributed by atoms with Crippen molar-refractivity contribution in [1.29, 1.82) is 0 Å². The third-order valence-corrected chi connectivity index (χ3v) is 4.03. The summed E-state index contributed by atoms with van der Waals surface area (Å²) in [7, 11) is 0. The molecule has 2 aromatic rings. The molecule has 1 heterocycles. The zero-order valence-electron chi connectivity index (χ0n) is 14.4. The van der Waals surface area contributed by atoms with E-state index >= 15 is 0 Å². The molecule has 0 saturated carbocycles. The van der Waals surface area contributed by atoms with Crippen LogP contribution in [0.2, 0.25) is 10.0 Å². The van der Waals surface area contributed by atoms with Gasteiger partial charge in [0, 0.05) is 16.6 Å². The lowest BCUT2D eigenvalue weighted by Gasteiger charge is -2.02. The average molecular weight is 466 g/mol. The van der Waals surface area contributed by atoms with Crippen molar-refractivity contribution in [2.75, 3.05) is 13.1 Å². The van der Waals surface area contributed by atoms with Crippen molar-refractivity contribution in [1.82, 2.24) is 10.7 Å². The fraction of sp³-hybridized carbons (Fsp3) is 0.100. The molecule has 2 aromatic carbocycles. The third-order valence-electron chi connectivity index (χ3n) is 3.56. The summed E-state index contributed by atoms with van der Waals surface area (Å²) in [5.74, 6) is 0.676. The summed E-state index contributed by atoms with van der Waals surface area (Å²) in [5, 5.41) is 8.93. The molecule has 0 amide bonds. The molecule has 7 heteroatoms. The van der Waals surface area contributed by atoms with Gasteiger partial charge in [-0.2, -0.15) is 5.10 Å². The highest BCUT2D eigenvalue weighted by Gasteiger charge is 2.02. The minimum absolute atomic E-state index is 0. The largest absolute Gasteiger partial charge is 0.353 e. The first-order valence-electron chi connectivity index (χ1n) is 8.18. The van der Waals surface area contributed by atoms with Gasteiger partial charge in [0.25, 0.3) is 0 Å². The number of aliphatic imine (C=N–C) groups is 1. The summed E-state index contributed by atoms with van der Waals surface area (Å²) in [5.41, 5.74) is 5.68. The van der Waals surface area contributed by atoms with Crippen LogP contribution in [-0.2, 0) is 0 Å². The van der Waals surface area contributed by atoms with E-state index in [2.05, 4.69) is 20.8 Å². The van der Waals surface area contributed by atoms with Crippen LogP contribution in [0.3, 0.4) is 0 Å². The minimum Gasteiger partial charge on any atom is -0.353 e. The summed E-state index contributed by atoms with van der Waals surface area (Å²) >= 11 is 12.1. The Kier molecular flexibility index (Phi) is 8.58. The molecule has 27 heavy (non-hydrogen) atoms. The van der Waals surface area contributed by atoms with Gasteiger partial charge in [0.05, 0.1) is 12.3 Å². The van der Waals surface area contributed by atoms with E-state index in [-0.39, 0.29) is 17.0 Å². The van der Waals surface area contributed by atoms with Crippen molar-refractivity contribution in [3.63, 3.8) is 0 Å². The molecule has 0 atom stereocenters. The Morgan fingerprint density at radius 1 is 1.00 bits per heavy atom. The molecule has 0 radical (unpaired) electrons. The van der Waals surface area contributed by atoms with Crippen LogP contribution in [0.5, 0.6) is 0 Å². The lowest BCUT2D eigenvalue weighted by Crippen LogP contribution is -2.30. The van der Waals surface area contributed by atoms with Gasteiger partial charge >= 0.3 is 0 Å². The van der Waals surface area contributed by atoms with E-state index < -0.39 is 0 Å². The molecule has 1 aliphatic heterocycles. The van der Waals surface area contributed by atoms with Crippen LogP contribution < -0.4 is 10.7 Å². The van der Waals surface area contributed by atoms with Crippen LogP contribution >= 0.6 is 40.2 Å². The number of rotatable bonds is 5. The molecule has 0 bridgehead atoms. The SMILES string of the molecule is Br.Clc1cccc(C=CC(C=Cc2cccc(Cl)c2)=NNC2=NCCN2)c1. The van der Waals surface area contributed by atoms with Gasteiger partial charge in [0.1, 0.15) is 0 Å². The Hall–Kier alpha value is -2.08. The average Bonchev–Trinajstić information content (AvgIpc) is 3.15. The number of allylic oxidation sites excluding steroid dienone is 2. The number of halogens is 3. The number of hydrogen-bond donors (Lipinski definition) is 2. The third kappa shape index (κ3) is 7.21. The van der Waals surface area contributed by atoms with Crippen molar-refractivity contribution in [3.05, 3.63) is 81.9 Å². The van der Waals surface area contributed by atoms with Gasteiger partial charge in [-0.15, -0.1) is 17.0 Å². The van der Waals surface area contributed by atoms with E-state index in [0.717, 1.165) is 29.9 Å². The summed E-state index contributed by atoms with van der Waals surface area (Å²) in [6, 6.07) is 15.3. The van der Waals surface area contributed by atoms with Crippen LogP contribution in [0.15, 0.2) is 70.8 Å². The highest BCUT2D eigenvalue weighted by Crippen LogP contribution is 2.13. The normalized spacial score (nSPS) is 13.2. The number of benzene rings is 2. The van der Waals surface area contributed by atoms with Gasteiger partial charge < -0.3 is 5.32 Å². The summed E-state index contributed by atoms with van der Waals surface area (Å²) in [6.45, 7) is 1.58. The zero-order chi connectivity index (χ0) is 18.2. The number of hydrazone groups is 1. The molecule has 0 saturated heterocycles. The van der Waals surface area contributed by atoms with Crippen molar-refractivity contribution in [2.24, 2.45) is 10.1 Å². The Morgan fingerprint density at radius 2 is 1.59 bits per heavy atom. The maximum atomic E-state index is 6.04. The van der Waals surface area contributed by atoms with Crippen molar-refractivity contribution in [3.8, 4) is 0 Å². The summed E-state index contributed by atoms with van der Waals surface area (Å²) in [4.78, 5) is 4.27. The highest BCUT2D eigenvalue weighted by molar-refractivity contribution is 8.93. The van der Waals surface area contributed by atoms with Crippen LogP contribution in [0.25, 0.3) is 12.2 Å². The maximum absolute atomic E-state index is 6.04. The number of nitrogens with zero attached hydrogens (tertiary/aromatic N) is 2. The fourth-order valence-corrected chi connectivity index (χ4v) is 2.70. The molecule has 1 aliphatic rings. The molecule has 0 unspecified atom stereocenters. The highest BCUT2D eigenvalue weighted by atomic mass is 79.9.